The maximum absolute atomic E-state index is 12.3. The van der Waals surface area contributed by atoms with Gasteiger partial charge in [0.05, 0.1) is 11.7 Å². The first kappa shape index (κ1) is 19.9. The number of aliphatic carboxylic acids is 1. The Morgan fingerprint density at radius 1 is 1.32 bits per heavy atom. The number of aliphatic hydroxyl groups is 1. The Kier molecular flexibility index (Phi) is 5.89. The molecule has 0 radical (unpaired) electrons. The number of carboxylic acids is 1. The average molecular weight is 350 g/mol. The van der Waals surface area contributed by atoms with Gasteiger partial charge >= 0.3 is 5.97 Å². The number of carboxylic acid groups (broad SMARTS) is 1. The number of allylic oxidation sites excluding steroid dienone is 2. The summed E-state index contributed by atoms with van der Waals surface area (Å²) in [4.78, 5) is 23.7. The Morgan fingerprint density at radius 3 is 2.64 bits per heavy atom. The molecule has 140 valence electrons. The molecule has 0 saturated carbocycles. The van der Waals surface area contributed by atoms with Crippen LogP contribution in [0.25, 0.3) is 0 Å². The second-order valence-corrected chi connectivity index (χ2v) is 8.01. The highest BCUT2D eigenvalue weighted by Gasteiger charge is 2.52. The minimum absolute atomic E-state index is 0.00546. The molecule has 1 aliphatic heterocycles. The number of carbonyl (C=O) groups excluding carboxylic acids is 1. The summed E-state index contributed by atoms with van der Waals surface area (Å²) in [6.45, 7) is 9.30. The van der Waals surface area contributed by atoms with Crippen molar-refractivity contribution in [2.75, 3.05) is 0 Å². The normalized spacial score (nSPS) is 39.5. The van der Waals surface area contributed by atoms with Crippen LogP contribution in [0.4, 0.5) is 0 Å². The highest BCUT2D eigenvalue weighted by atomic mass is 16.6. The third-order valence-electron chi connectivity index (χ3n) is 5.76. The quantitative estimate of drug-likeness (QED) is 0.453. The number of fused-ring (bicyclic) bond motifs is 1. The molecule has 2 N–H and O–H groups in total. The minimum atomic E-state index is -1.44. The van der Waals surface area contributed by atoms with Crippen molar-refractivity contribution < 1.29 is 24.5 Å². The van der Waals surface area contributed by atoms with Crippen molar-refractivity contribution in [3.8, 4) is 0 Å². The molecule has 4 atom stereocenters. The fraction of sp³-hybridized carbons (Fsp3) is 0.700. The number of epoxide rings is 1. The first-order valence-corrected chi connectivity index (χ1v) is 9.06. The second kappa shape index (κ2) is 7.42. The van der Waals surface area contributed by atoms with E-state index in [0.29, 0.717) is 25.7 Å². The molecule has 0 spiro atoms. The highest BCUT2D eigenvalue weighted by Crippen LogP contribution is 2.45. The number of ether oxygens (including phenoxy) is 1. The van der Waals surface area contributed by atoms with Crippen LogP contribution < -0.4 is 0 Å². The molecule has 2 aliphatic rings. The van der Waals surface area contributed by atoms with Crippen molar-refractivity contribution in [2.24, 2.45) is 5.92 Å². The van der Waals surface area contributed by atoms with E-state index in [1.54, 1.807) is 0 Å². The molecule has 0 unspecified atom stereocenters. The van der Waals surface area contributed by atoms with Crippen LogP contribution >= 0.6 is 0 Å². The second-order valence-electron chi connectivity index (χ2n) is 8.01. The SMILES string of the molecule is C=C(C(=O)O)[C@@H]1CC[C@@](C)(O)C(=O)CC/C(C)=C/CC[C@@]2(C)O[C@H]2C1. The molecular formula is C20H30O5. The first-order valence-electron chi connectivity index (χ1n) is 9.06. The number of hydrogen-bond donors (Lipinski definition) is 2. The molecule has 0 aromatic rings. The molecule has 1 aliphatic carbocycles. The van der Waals surface area contributed by atoms with Crippen molar-refractivity contribution in [1.29, 1.82) is 0 Å². The lowest BCUT2D eigenvalue weighted by molar-refractivity contribution is -0.136. The van der Waals surface area contributed by atoms with E-state index in [0.717, 1.165) is 18.4 Å². The predicted octanol–water partition coefficient (Wildman–Crippen LogP) is 3.41. The van der Waals surface area contributed by atoms with E-state index in [4.69, 9.17) is 4.74 Å². The molecule has 5 heteroatoms. The zero-order chi connectivity index (χ0) is 18.8. The molecule has 1 saturated heterocycles. The van der Waals surface area contributed by atoms with Crippen LogP contribution in [0.15, 0.2) is 23.8 Å². The molecule has 0 bridgehead atoms. The van der Waals surface area contributed by atoms with E-state index in [9.17, 15) is 19.8 Å². The fourth-order valence-electron chi connectivity index (χ4n) is 3.56. The van der Waals surface area contributed by atoms with Gasteiger partial charge < -0.3 is 14.9 Å². The van der Waals surface area contributed by atoms with E-state index < -0.39 is 11.6 Å². The van der Waals surface area contributed by atoms with Crippen molar-refractivity contribution in [2.45, 2.75) is 83.0 Å². The maximum Gasteiger partial charge on any atom is 0.331 e. The predicted molar refractivity (Wildman–Crippen MR) is 95.3 cm³/mol. The fourth-order valence-corrected chi connectivity index (χ4v) is 3.56. The van der Waals surface area contributed by atoms with Crippen LogP contribution in [0.1, 0.15) is 65.7 Å². The summed E-state index contributed by atoms with van der Waals surface area (Å²) in [5, 5.41) is 19.8. The lowest BCUT2D eigenvalue weighted by Crippen LogP contribution is -2.36. The molecule has 1 fully saturated rings. The van der Waals surface area contributed by atoms with Gasteiger partial charge in [-0.3, -0.25) is 4.79 Å². The van der Waals surface area contributed by atoms with Gasteiger partial charge in [0.15, 0.2) is 5.78 Å². The minimum Gasteiger partial charge on any atom is -0.478 e. The van der Waals surface area contributed by atoms with Gasteiger partial charge in [-0.15, -0.1) is 0 Å². The first-order chi connectivity index (χ1) is 11.5. The lowest BCUT2D eigenvalue weighted by atomic mass is 9.82. The van der Waals surface area contributed by atoms with E-state index in [1.165, 1.54) is 6.92 Å². The van der Waals surface area contributed by atoms with E-state index in [2.05, 4.69) is 19.6 Å². The molecule has 5 nitrogen and oxygen atoms in total. The number of hydrogen-bond acceptors (Lipinski definition) is 4. The van der Waals surface area contributed by atoms with Crippen LogP contribution in [-0.4, -0.2) is 39.3 Å². The zero-order valence-corrected chi connectivity index (χ0v) is 15.5. The number of rotatable bonds is 2. The molecular weight excluding hydrogens is 320 g/mol. The van der Waals surface area contributed by atoms with Crippen LogP contribution in [0.5, 0.6) is 0 Å². The van der Waals surface area contributed by atoms with Crippen molar-refractivity contribution in [3.05, 3.63) is 23.8 Å². The van der Waals surface area contributed by atoms with Crippen molar-refractivity contribution in [1.82, 2.24) is 0 Å². The van der Waals surface area contributed by atoms with Crippen LogP contribution in [0.3, 0.4) is 0 Å². The van der Waals surface area contributed by atoms with Gasteiger partial charge in [-0.25, -0.2) is 4.79 Å². The van der Waals surface area contributed by atoms with Gasteiger partial charge in [-0.1, -0.05) is 18.2 Å². The third kappa shape index (κ3) is 5.02. The van der Waals surface area contributed by atoms with Crippen molar-refractivity contribution in [3.63, 3.8) is 0 Å². The lowest BCUT2D eigenvalue weighted by Gasteiger charge is -2.25. The number of Topliss-reactive ketones (excluding diaryl/α,β-unsaturated/α-hetero) is 1. The summed E-state index contributed by atoms with van der Waals surface area (Å²) < 4.78 is 5.86. The largest absolute Gasteiger partial charge is 0.478 e. The maximum atomic E-state index is 12.3. The molecule has 1 heterocycles. The summed E-state index contributed by atoms with van der Waals surface area (Å²) in [7, 11) is 0. The summed E-state index contributed by atoms with van der Waals surface area (Å²) in [6.07, 6.45) is 6.04. The molecule has 0 aromatic heterocycles. The Bertz CT molecular complexity index is 589. The average Bonchev–Trinajstić information content (AvgIpc) is 3.17. The van der Waals surface area contributed by atoms with E-state index >= 15 is 0 Å². The van der Waals surface area contributed by atoms with Gasteiger partial charge in [-0.05, 0) is 65.2 Å². The molecule has 2 rings (SSSR count). The van der Waals surface area contributed by atoms with Crippen LogP contribution in [-0.2, 0) is 14.3 Å². The number of ketones is 1. The monoisotopic (exact) mass is 350 g/mol. The van der Waals surface area contributed by atoms with Gasteiger partial charge in [0.1, 0.15) is 5.60 Å². The Balaban J connectivity index is 2.18. The Hall–Kier alpha value is -1.46. The van der Waals surface area contributed by atoms with Crippen LogP contribution in [0.2, 0.25) is 0 Å². The summed E-state index contributed by atoms with van der Waals surface area (Å²) in [5.74, 6) is -1.52. The number of carbonyl (C=O) groups is 2. The van der Waals surface area contributed by atoms with E-state index in [-0.39, 0.29) is 35.4 Å². The Morgan fingerprint density at radius 2 is 2.00 bits per heavy atom. The molecule has 0 amide bonds. The van der Waals surface area contributed by atoms with Gasteiger partial charge in [-0.2, -0.15) is 0 Å². The standard InChI is InChI=1S/C20H30O5/c1-13-6-5-10-20(4)17(25-20)12-15(14(2)18(22)23)9-11-19(3,24)16(21)8-7-13/h6,15,17,24H,2,5,7-12H2,1,3-4H3,(H,22,23)/b13-6+/t15-,17+,19-,20-/m1/s1. The highest BCUT2D eigenvalue weighted by molar-refractivity contribution is 5.87. The zero-order valence-electron chi connectivity index (χ0n) is 15.5. The van der Waals surface area contributed by atoms with E-state index in [1.807, 2.05) is 6.92 Å². The topological polar surface area (TPSA) is 87.1 Å². The van der Waals surface area contributed by atoms with Gasteiger partial charge in [0, 0.05) is 12.0 Å². The summed E-state index contributed by atoms with van der Waals surface area (Å²) in [5.41, 5.74) is -0.367. The summed E-state index contributed by atoms with van der Waals surface area (Å²) in [6, 6.07) is 0. The van der Waals surface area contributed by atoms with Crippen LogP contribution in [0, 0.1) is 5.92 Å². The van der Waals surface area contributed by atoms with Gasteiger partial charge in [0.25, 0.3) is 0 Å². The molecule has 0 aromatic carbocycles. The summed E-state index contributed by atoms with van der Waals surface area (Å²) >= 11 is 0. The van der Waals surface area contributed by atoms with Crippen molar-refractivity contribution >= 4 is 11.8 Å². The smallest absolute Gasteiger partial charge is 0.331 e. The van der Waals surface area contributed by atoms with Gasteiger partial charge in [0.2, 0.25) is 0 Å². The Labute approximate surface area is 149 Å². The molecule has 25 heavy (non-hydrogen) atoms. The third-order valence-corrected chi connectivity index (χ3v) is 5.76.